The van der Waals surface area contributed by atoms with Gasteiger partial charge in [0, 0.05) is 32.9 Å². The number of halogens is 1. The van der Waals surface area contributed by atoms with Crippen LogP contribution in [0.1, 0.15) is 6.92 Å². The van der Waals surface area contributed by atoms with Gasteiger partial charge in [-0.05, 0) is 43.3 Å². The van der Waals surface area contributed by atoms with Crippen molar-refractivity contribution >= 4 is 37.9 Å². The highest BCUT2D eigenvalue weighted by atomic mass is 79.9. The van der Waals surface area contributed by atoms with Crippen LogP contribution in [-0.4, -0.2) is 6.61 Å². The zero-order valence-electron chi connectivity index (χ0n) is 13.7. The molecule has 0 amide bonds. The molecule has 6 heteroatoms. The van der Waals surface area contributed by atoms with Gasteiger partial charge in [-0.15, -0.1) is 0 Å². The molecule has 26 heavy (non-hydrogen) atoms. The molecule has 0 atom stereocenters. The van der Waals surface area contributed by atoms with E-state index in [4.69, 9.17) is 13.6 Å². The van der Waals surface area contributed by atoms with Crippen LogP contribution in [-0.2, 0) is 0 Å². The van der Waals surface area contributed by atoms with E-state index in [0.717, 1.165) is 9.86 Å². The summed E-state index contributed by atoms with van der Waals surface area (Å²) in [5.74, 6) is 0.592. The quantitative estimate of drug-likeness (QED) is 0.455. The van der Waals surface area contributed by atoms with E-state index in [0.29, 0.717) is 40.0 Å². The summed E-state index contributed by atoms with van der Waals surface area (Å²) in [6.07, 6.45) is 0. The highest BCUT2D eigenvalue weighted by molar-refractivity contribution is 9.10. The third-order valence-electron chi connectivity index (χ3n) is 4.01. The molecule has 0 radical (unpaired) electrons. The Kier molecular flexibility index (Phi) is 4.12. The minimum atomic E-state index is -0.546. The fourth-order valence-corrected chi connectivity index (χ4v) is 3.28. The Morgan fingerprint density at radius 3 is 2.58 bits per heavy atom. The number of hydrogen-bond donors (Lipinski definition) is 0. The molecule has 0 aliphatic carbocycles. The van der Waals surface area contributed by atoms with Crippen LogP contribution in [0.2, 0.25) is 0 Å². The van der Waals surface area contributed by atoms with Gasteiger partial charge in [0.05, 0.1) is 12.2 Å². The summed E-state index contributed by atoms with van der Waals surface area (Å²) < 4.78 is 17.0. The molecule has 0 saturated carbocycles. The Hall–Kier alpha value is -2.86. The summed E-state index contributed by atoms with van der Waals surface area (Å²) in [6.45, 7) is 2.37. The van der Waals surface area contributed by atoms with Gasteiger partial charge in [-0.25, -0.2) is 9.59 Å². The second-order valence-electron chi connectivity index (χ2n) is 5.70. The van der Waals surface area contributed by atoms with Crippen molar-refractivity contribution in [2.75, 3.05) is 6.61 Å². The SMILES string of the molecule is CCOc1ccc2c(-c3cc4cc(Br)ccc4oc3=O)cc(=O)oc2c1. The number of fused-ring (bicyclic) bond motifs is 2. The van der Waals surface area contributed by atoms with Crippen molar-refractivity contribution in [1.82, 2.24) is 0 Å². The Morgan fingerprint density at radius 1 is 0.923 bits per heavy atom. The maximum atomic E-state index is 12.5. The molecule has 4 rings (SSSR count). The van der Waals surface area contributed by atoms with Crippen LogP contribution in [0.15, 0.2) is 71.4 Å². The summed E-state index contributed by atoms with van der Waals surface area (Å²) in [5.41, 5.74) is 0.545. The van der Waals surface area contributed by atoms with Gasteiger partial charge in [0.1, 0.15) is 16.9 Å². The lowest BCUT2D eigenvalue weighted by Gasteiger charge is -2.08. The molecule has 0 spiro atoms. The second kappa shape index (κ2) is 6.46. The lowest BCUT2D eigenvalue weighted by atomic mass is 10.0. The summed E-state index contributed by atoms with van der Waals surface area (Å²) in [5, 5.41) is 1.39. The van der Waals surface area contributed by atoms with Crippen molar-refractivity contribution in [2.24, 2.45) is 0 Å². The number of ether oxygens (including phenoxy) is 1. The van der Waals surface area contributed by atoms with Gasteiger partial charge in [-0.1, -0.05) is 15.9 Å². The van der Waals surface area contributed by atoms with Crippen molar-refractivity contribution in [2.45, 2.75) is 6.92 Å². The Balaban J connectivity index is 2.02. The highest BCUT2D eigenvalue weighted by Crippen LogP contribution is 2.30. The summed E-state index contributed by atoms with van der Waals surface area (Å²) in [6, 6.07) is 13.6. The van der Waals surface area contributed by atoms with E-state index in [-0.39, 0.29) is 0 Å². The minimum absolute atomic E-state index is 0.303. The van der Waals surface area contributed by atoms with Crippen LogP contribution in [0, 0.1) is 0 Å². The first kappa shape index (κ1) is 16.6. The largest absolute Gasteiger partial charge is 0.494 e. The van der Waals surface area contributed by atoms with Gasteiger partial charge in [0.2, 0.25) is 0 Å². The zero-order valence-corrected chi connectivity index (χ0v) is 15.3. The Morgan fingerprint density at radius 2 is 1.77 bits per heavy atom. The number of hydrogen-bond acceptors (Lipinski definition) is 5. The molecule has 0 bridgehead atoms. The number of benzene rings is 2. The first-order chi connectivity index (χ1) is 12.5. The summed E-state index contributed by atoms with van der Waals surface area (Å²) in [7, 11) is 0. The van der Waals surface area contributed by atoms with Gasteiger partial charge < -0.3 is 13.6 Å². The van der Waals surface area contributed by atoms with Crippen molar-refractivity contribution < 1.29 is 13.6 Å². The first-order valence-corrected chi connectivity index (χ1v) is 8.79. The predicted octanol–water partition coefficient (Wildman–Crippen LogP) is 4.73. The lowest BCUT2D eigenvalue weighted by molar-refractivity contribution is 0.340. The monoisotopic (exact) mass is 412 g/mol. The van der Waals surface area contributed by atoms with Gasteiger partial charge in [-0.2, -0.15) is 0 Å². The van der Waals surface area contributed by atoms with Crippen molar-refractivity contribution in [1.29, 1.82) is 0 Å². The maximum Gasteiger partial charge on any atom is 0.344 e. The Labute approximate surface area is 155 Å². The second-order valence-corrected chi connectivity index (χ2v) is 6.62. The predicted molar refractivity (Wildman–Crippen MR) is 103 cm³/mol. The van der Waals surface area contributed by atoms with Crippen molar-refractivity contribution in [3.8, 4) is 16.9 Å². The molecule has 0 saturated heterocycles. The van der Waals surface area contributed by atoms with Crippen LogP contribution in [0.25, 0.3) is 33.1 Å². The third kappa shape index (κ3) is 2.93. The summed E-state index contributed by atoms with van der Waals surface area (Å²) in [4.78, 5) is 24.5. The smallest absolute Gasteiger partial charge is 0.344 e. The minimum Gasteiger partial charge on any atom is -0.494 e. The lowest BCUT2D eigenvalue weighted by Crippen LogP contribution is -2.06. The van der Waals surface area contributed by atoms with E-state index in [1.807, 2.05) is 13.0 Å². The van der Waals surface area contributed by atoms with E-state index in [2.05, 4.69) is 15.9 Å². The van der Waals surface area contributed by atoms with Gasteiger partial charge in [0.15, 0.2) is 0 Å². The molecule has 0 fully saturated rings. The molecule has 2 heterocycles. The standard InChI is InChI=1S/C20H13BrO5/c1-2-24-13-4-5-14-15(10-19(22)25-18(14)9-13)16-8-11-7-12(21)3-6-17(11)26-20(16)23/h3-10H,2H2,1H3. The van der Waals surface area contributed by atoms with E-state index in [1.54, 1.807) is 36.4 Å². The molecule has 2 aromatic carbocycles. The van der Waals surface area contributed by atoms with E-state index in [9.17, 15) is 9.59 Å². The number of rotatable bonds is 3. The molecule has 5 nitrogen and oxygen atoms in total. The summed E-state index contributed by atoms with van der Waals surface area (Å²) >= 11 is 3.41. The van der Waals surface area contributed by atoms with Gasteiger partial charge in [-0.3, -0.25) is 0 Å². The van der Waals surface area contributed by atoms with Gasteiger partial charge in [0.25, 0.3) is 0 Å². The topological polar surface area (TPSA) is 69.7 Å². The van der Waals surface area contributed by atoms with E-state index in [1.165, 1.54) is 6.07 Å². The normalized spacial score (nSPS) is 11.2. The van der Waals surface area contributed by atoms with Crippen LogP contribution in [0.3, 0.4) is 0 Å². The fraction of sp³-hybridized carbons (Fsp3) is 0.100. The molecular weight excluding hydrogens is 400 g/mol. The van der Waals surface area contributed by atoms with Gasteiger partial charge >= 0.3 is 11.3 Å². The molecular formula is C20H13BrO5. The molecule has 0 unspecified atom stereocenters. The van der Waals surface area contributed by atoms with Crippen LogP contribution in [0.5, 0.6) is 5.75 Å². The van der Waals surface area contributed by atoms with Crippen molar-refractivity contribution in [3.05, 3.63) is 73.8 Å². The Bertz CT molecular complexity index is 1250. The fourth-order valence-electron chi connectivity index (χ4n) is 2.90. The molecule has 0 aliphatic heterocycles. The average molecular weight is 413 g/mol. The molecule has 130 valence electrons. The zero-order chi connectivity index (χ0) is 18.3. The van der Waals surface area contributed by atoms with Crippen molar-refractivity contribution in [3.63, 3.8) is 0 Å². The molecule has 0 aliphatic rings. The maximum absolute atomic E-state index is 12.5. The molecule has 4 aromatic rings. The average Bonchev–Trinajstić information content (AvgIpc) is 2.61. The van der Waals surface area contributed by atoms with E-state index < -0.39 is 11.3 Å². The first-order valence-electron chi connectivity index (χ1n) is 7.99. The van der Waals surface area contributed by atoms with Crippen LogP contribution in [0.4, 0.5) is 0 Å². The highest BCUT2D eigenvalue weighted by Gasteiger charge is 2.14. The van der Waals surface area contributed by atoms with E-state index >= 15 is 0 Å². The van der Waals surface area contributed by atoms with Crippen LogP contribution < -0.4 is 16.0 Å². The molecule has 0 N–H and O–H groups in total. The van der Waals surface area contributed by atoms with Crippen LogP contribution >= 0.6 is 15.9 Å². The molecule has 2 aromatic heterocycles. The third-order valence-corrected chi connectivity index (χ3v) is 4.50.